The highest BCUT2D eigenvalue weighted by Gasteiger charge is 2.55. The van der Waals surface area contributed by atoms with Gasteiger partial charge in [-0.3, -0.25) is 4.79 Å². The quantitative estimate of drug-likeness (QED) is 0.856. The third kappa shape index (κ3) is 2.47. The number of likely N-dealkylation sites (N-methyl/N-ethyl adjacent to an activating group) is 1. The molecule has 0 aromatic heterocycles. The lowest BCUT2D eigenvalue weighted by Gasteiger charge is -2.35. The molecule has 1 aromatic carbocycles. The zero-order valence-electron chi connectivity index (χ0n) is 13.8. The summed E-state index contributed by atoms with van der Waals surface area (Å²) in [4.78, 5) is 17.9. The first kappa shape index (κ1) is 15.1. The lowest BCUT2D eigenvalue weighted by molar-refractivity contribution is -0.135. The molecule has 0 radical (unpaired) electrons. The Morgan fingerprint density at radius 2 is 1.74 bits per heavy atom. The van der Waals surface area contributed by atoms with Crippen molar-refractivity contribution in [2.45, 2.75) is 56.0 Å². The molecule has 1 amide bonds. The van der Waals surface area contributed by atoms with Crippen molar-refractivity contribution < 1.29 is 9.18 Å². The van der Waals surface area contributed by atoms with Crippen LogP contribution in [0.2, 0.25) is 0 Å². The number of likely N-dealkylation sites (tertiary alicyclic amines) is 2. The molecule has 3 aliphatic rings. The number of rotatable bonds is 3. The summed E-state index contributed by atoms with van der Waals surface area (Å²) in [6.45, 7) is 2.03. The molecule has 4 heteroatoms. The van der Waals surface area contributed by atoms with Crippen LogP contribution in [0.4, 0.5) is 4.39 Å². The van der Waals surface area contributed by atoms with Crippen LogP contribution in [0.15, 0.2) is 24.3 Å². The van der Waals surface area contributed by atoms with E-state index >= 15 is 0 Å². The maximum Gasteiger partial charge on any atom is 0.233 e. The van der Waals surface area contributed by atoms with Crippen LogP contribution in [0.25, 0.3) is 0 Å². The first-order valence-corrected chi connectivity index (χ1v) is 8.89. The fraction of sp³-hybridized carbons (Fsp3) is 0.632. The summed E-state index contributed by atoms with van der Waals surface area (Å²) in [6, 6.07) is 7.45. The van der Waals surface area contributed by atoms with Crippen LogP contribution >= 0.6 is 0 Å². The summed E-state index contributed by atoms with van der Waals surface area (Å²) in [5, 5.41) is 0. The van der Waals surface area contributed by atoms with E-state index in [-0.39, 0.29) is 17.1 Å². The van der Waals surface area contributed by atoms with Crippen LogP contribution in [0, 0.1) is 5.82 Å². The molecule has 1 saturated carbocycles. The van der Waals surface area contributed by atoms with Crippen LogP contribution < -0.4 is 0 Å². The fourth-order valence-electron chi connectivity index (χ4n) is 4.66. The zero-order chi connectivity index (χ0) is 16.0. The van der Waals surface area contributed by atoms with Crippen molar-refractivity contribution in [3.05, 3.63) is 35.6 Å². The molecule has 3 nitrogen and oxygen atoms in total. The molecule has 1 aliphatic carbocycles. The number of benzene rings is 1. The van der Waals surface area contributed by atoms with E-state index in [0.717, 1.165) is 44.3 Å². The van der Waals surface area contributed by atoms with Gasteiger partial charge in [0, 0.05) is 18.6 Å². The van der Waals surface area contributed by atoms with Gasteiger partial charge in [-0.1, -0.05) is 12.1 Å². The normalized spacial score (nSPS) is 29.9. The predicted molar refractivity (Wildman–Crippen MR) is 87.7 cm³/mol. The minimum atomic E-state index is -0.368. The summed E-state index contributed by atoms with van der Waals surface area (Å²) in [5.74, 6) is 0.0514. The molecule has 3 fully saturated rings. The maximum absolute atomic E-state index is 13.3. The average Bonchev–Trinajstić information content (AvgIpc) is 3.02. The van der Waals surface area contributed by atoms with Gasteiger partial charge in [-0.05, 0) is 69.8 Å². The Kier molecular flexibility index (Phi) is 3.67. The van der Waals surface area contributed by atoms with E-state index in [4.69, 9.17) is 0 Å². The number of amides is 1. The van der Waals surface area contributed by atoms with Crippen molar-refractivity contribution in [1.82, 2.24) is 9.80 Å². The number of nitrogens with zero attached hydrogens (tertiary/aromatic N) is 2. The Hall–Kier alpha value is -1.42. The van der Waals surface area contributed by atoms with Gasteiger partial charge in [0.1, 0.15) is 5.82 Å². The van der Waals surface area contributed by atoms with Gasteiger partial charge >= 0.3 is 0 Å². The lowest BCUT2D eigenvalue weighted by Crippen LogP contribution is -2.50. The summed E-state index contributed by atoms with van der Waals surface area (Å²) in [5.41, 5.74) is 0.627. The van der Waals surface area contributed by atoms with Gasteiger partial charge in [-0.2, -0.15) is 0 Å². The molecule has 124 valence electrons. The van der Waals surface area contributed by atoms with E-state index in [1.165, 1.54) is 25.0 Å². The summed E-state index contributed by atoms with van der Waals surface area (Å²) in [7, 11) is 2.19. The topological polar surface area (TPSA) is 23.6 Å². The standard InChI is InChI=1S/C19H25FN2O/c1-21-12-2-4-16(21)17-5-3-13-22(17)18(23)19(10-11-19)14-6-8-15(20)9-7-14/h6-9,16-17H,2-5,10-13H2,1H3/t16-,17+/m1/s1. The molecule has 2 heterocycles. The van der Waals surface area contributed by atoms with Crippen molar-refractivity contribution in [3.63, 3.8) is 0 Å². The molecule has 0 unspecified atom stereocenters. The predicted octanol–water partition coefficient (Wildman–Crippen LogP) is 2.94. The van der Waals surface area contributed by atoms with Crippen LogP contribution in [0.5, 0.6) is 0 Å². The second-order valence-electron chi connectivity index (χ2n) is 7.49. The Morgan fingerprint density at radius 3 is 2.35 bits per heavy atom. The smallest absolute Gasteiger partial charge is 0.233 e. The molecule has 4 rings (SSSR count). The van der Waals surface area contributed by atoms with E-state index in [1.54, 1.807) is 12.1 Å². The monoisotopic (exact) mass is 316 g/mol. The second-order valence-corrected chi connectivity index (χ2v) is 7.49. The Labute approximate surface area is 137 Å². The molecular weight excluding hydrogens is 291 g/mol. The molecular formula is C19H25FN2O. The molecule has 0 bridgehead atoms. The Morgan fingerprint density at radius 1 is 1.09 bits per heavy atom. The van der Waals surface area contributed by atoms with Gasteiger partial charge in [0.25, 0.3) is 0 Å². The largest absolute Gasteiger partial charge is 0.337 e. The van der Waals surface area contributed by atoms with Crippen molar-refractivity contribution in [1.29, 1.82) is 0 Å². The van der Waals surface area contributed by atoms with Crippen molar-refractivity contribution in [2.75, 3.05) is 20.1 Å². The number of hydrogen-bond donors (Lipinski definition) is 0. The summed E-state index contributed by atoms with van der Waals surface area (Å²) >= 11 is 0. The lowest BCUT2D eigenvalue weighted by atomic mass is 9.93. The molecule has 23 heavy (non-hydrogen) atoms. The SMILES string of the molecule is CN1CCC[C@@H]1[C@@H]1CCCN1C(=O)C1(c2ccc(F)cc2)CC1. The highest BCUT2D eigenvalue weighted by molar-refractivity contribution is 5.91. The number of carbonyl (C=O) groups excluding carboxylic acids is 1. The first-order valence-electron chi connectivity index (χ1n) is 8.89. The van der Waals surface area contributed by atoms with Gasteiger partial charge in [0.05, 0.1) is 5.41 Å². The molecule has 0 spiro atoms. The summed E-state index contributed by atoms with van der Waals surface area (Å²) in [6.07, 6.45) is 6.49. The van der Waals surface area contributed by atoms with Crippen LogP contribution in [0.1, 0.15) is 44.1 Å². The molecule has 2 saturated heterocycles. The molecule has 1 aromatic rings. The minimum absolute atomic E-state index is 0.233. The van der Waals surface area contributed by atoms with Crippen molar-refractivity contribution >= 4 is 5.91 Å². The van der Waals surface area contributed by atoms with Crippen LogP contribution in [-0.4, -0.2) is 47.9 Å². The Balaban J connectivity index is 1.57. The third-order valence-corrected chi connectivity index (χ3v) is 6.14. The molecule has 0 N–H and O–H groups in total. The third-order valence-electron chi connectivity index (χ3n) is 6.14. The average molecular weight is 316 g/mol. The molecule has 2 aliphatic heterocycles. The van der Waals surface area contributed by atoms with Gasteiger partial charge in [0.2, 0.25) is 5.91 Å². The van der Waals surface area contributed by atoms with E-state index in [9.17, 15) is 9.18 Å². The fourth-order valence-corrected chi connectivity index (χ4v) is 4.66. The van der Waals surface area contributed by atoms with Crippen LogP contribution in [-0.2, 0) is 10.2 Å². The first-order chi connectivity index (χ1) is 11.1. The zero-order valence-corrected chi connectivity index (χ0v) is 13.8. The van der Waals surface area contributed by atoms with Crippen molar-refractivity contribution in [2.24, 2.45) is 0 Å². The van der Waals surface area contributed by atoms with Gasteiger partial charge in [0.15, 0.2) is 0 Å². The highest BCUT2D eigenvalue weighted by Crippen LogP contribution is 2.50. The van der Waals surface area contributed by atoms with Gasteiger partial charge < -0.3 is 9.80 Å². The van der Waals surface area contributed by atoms with E-state index in [2.05, 4.69) is 16.8 Å². The number of carbonyl (C=O) groups is 1. The van der Waals surface area contributed by atoms with Crippen LogP contribution in [0.3, 0.4) is 0 Å². The van der Waals surface area contributed by atoms with E-state index in [0.29, 0.717) is 12.1 Å². The number of halogens is 1. The number of hydrogen-bond acceptors (Lipinski definition) is 2. The minimum Gasteiger partial charge on any atom is -0.337 e. The van der Waals surface area contributed by atoms with Gasteiger partial charge in [-0.15, -0.1) is 0 Å². The summed E-state index contributed by atoms with van der Waals surface area (Å²) < 4.78 is 13.2. The highest BCUT2D eigenvalue weighted by atomic mass is 19.1. The van der Waals surface area contributed by atoms with E-state index < -0.39 is 0 Å². The Bertz CT molecular complexity index is 596. The second kappa shape index (κ2) is 5.59. The van der Waals surface area contributed by atoms with Crippen molar-refractivity contribution in [3.8, 4) is 0 Å². The molecule has 2 atom stereocenters. The van der Waals surface area contributed by atoms with Gasteiger partial charge in [-0.25, -0.2) is 4.39 Å². The maximum atomic E-state index is 13.3. The van der Waals surface area contributed by atoms with E-state index in [1.807, 2.05) is 0 Å².